The minimum Gasteiger partial charge on any atom is -0.266 e. The molecule has 0 aliphatic heterocycles. The Bertz CT molecular complexity index is 1130. The van der Waals surface area contributed by atoms with Crippen LogP contribution in [0, 0.1) is 11.3 Å². The number of alkyl halides is 3. The molecule has 0 spiro atoms. The van der Waals surface area contributed by atoms with Crippen LogP contribution in [0.5, 0.6) is 0 Å². The lowest BCUT2D eigenvalue weighted by Crippen LogP contribution is -2.26. The van der Waals surface area contributed by atoms with Gasteiger partial charge in [-0.15, -0.1) is 0 Å². The van der Waals surface area contributed by atoms with E-state index in [1.165, 1.54) is 12.3 Å². The molecule has 0 N–H and O–H groups in total. The van der Waals surface area contributed by atoms with Gasteiger partial charge in [0.25, 0.3) is 5.56 Å². The first-order valence-corrected chi connectivity index (χ1v) is 8.73. The lowest BCUT2D eigenvalue weighted by Gasteiger charge is -2.14. The van der Waals surface area contributed by atoms with Crippen molar-refractivity contribution in [3.8, 4) is 17.3 Å². The molecule has 1 heterocycles. The monoisotopic (exact) mass is 445 g/mol. The molecule has 1 aromatic heterocycles. The second-order valence-corrected chi connectivity index (χ2v) is 6.62. The Labute approximate surface area is 166 Å². The molecule has 0 unspecified atom stereocenters. The van der Waals surface area contributed by atoms with Gasteiger partial charge in [-0.3, -0.25) is 4.79 Å². The van der Waals surface area contributed by atoms with Gasteiger partial charge in [0, 0.05) is 10.0 Å². The van der Waals surface area contributed by atoms with E-state index in [-0.39, 0.29) is 5.69 Å². The van der Waals surface area contributed by atoms with E-state index in [1.807, 2.05) is 0 Å². The highest BCUT2D eigenvalue weighted by molar-refractivity contribution is 9.10. The molecule has 0 radical (unpaired) electrons. The third-order valence-electron chi connectivity index (χ3n) is 3.86. The van der Waals surface area contributed by atoms with Crippen LogP contribution in [0.3, 0.4) is 0 Å². The molecule has 140 valence electrons. The van der Waals surface area contributed by atoms with Gasteiger partial charge in [0.15, 0.2) is 0 Å². The average Bonchev–Trinajstić information content (AvgIpc) is 2.67. The Morgan fingerprint density at radius 1 is 1.07 bits per heavy atom. The Hall–Kier alpha value is -3.18. The number of hydrogen-bond acceptors (Lipinski definition) is 3. The van der Waals surface area contributed by atoms with E-state index in [0.29, 0.717) is 11.1 Å². The van der Waals surface area contributed by atoms with E-state index in [4.69, 9.17) is 5.26 Å². The van der Waals surface area contributed by atoms with Crippen molar-refractivity contribution in [1.82, 2.24) is 4.68 Å². The van der Waals surface area contributed by atoms with E-state index in [1.54, 1.807) is 54.6 Å². The van der Waals surface area contributed by atoms with Crippen LogP contribution in [-0.4, -0.2) is 10.9 Å². The molecular weight excluding hydrogens is 435 g/mol. The van der Waals surface area contributed by atoms with E-state index in [9.17, 15) is 18.0 Å². The first-order chi connectivity index (χ1) is 13.3. The molecule has 0 aliphatic carbocycles. The summed E-state index contributed by atoms with van der Waals surface area (Å²) < 4.78 is 41.8. The van der Waals surface area contributed by atoms with E-state index in [0.717, 1.165) is 15.2 Å². The van der Waals surface area contributed by atoms with Gasteiger partial charge >= 0.3 is 6.18 Å². The number of benzene rings is 2. The number of halogens is 4. The maximum Gasteiger partial charge on any atom is 0.417 e. The third-order valence-corrected chi connectivity index (χ3v) is 4.39. The summed E-state index contributed by atoms with van der Waals surface area (Å²) in [6.07, 6.45) is -3.50. The van der Waals surface area contributed by atoms with Gasteiger partial charge in [0.2, 0.25) is 0 Å². The highest BCUT2D eigenvalue weighted by Gasteiger charge is 2.36. The molecule has 4 nitrogen and oxygen atoms in total. The summed E-state index contributed by atoms with van der Waals surface area (Å²) in [7, 11) is 0. The number of hydrogen-bond donors (Lipinski definition) is 0. The molecule has 0 fully saturated rings. The smallest absolute Gasteiger partial charge is 0.266 e. The summed E-state index contributed by atoms with van der Waals surface area (Å²) in [5.41, 5.74) is -2.49. The largest absolute Gasteiger partial charge is 0.417 e. The summed E-state index contributed by atoms with van der Waals surface area (Å²) in [6.45, 7) is 0. The van der Waals surface area contributed by atoms with Crippen LogP contribution in [0.15, 0.2) is 75.0 Å². The molecule has 0 saturated carbocycles. The summed E-state index contributed by atoms with van der Waals surface area (Å²) in [4.78, 5) is 12.7. The fraction of sp³-hybridized carbons (Fsp3) is 0.0500. The van der Waals surface area contributed by atoms with Crippen LogP contribution in [0.2, 0.25) is 0 Å². The average molecular weight is 446 g/mol. The van der Waals surface area contributed by atoms with Crippen LogP contribution >= 0.6 is 15.9 Å². The van der Waals surface area contributed by atoms with Gasteiger partial charge < -0.3 is 0 Å². The molecule has 3 aromatic rings. The second-order valence-electron chi connectivity index (χ2n) is 5.71. The van der Waals surface area contributed by atoms with Crippen LogP contribution in [0.1, 0.15) is 16.7 Å². The van der Waals surface area contributed by atoms with Crippen LogP contribution in [-0.2, 0) is 6.18 Å². The standard InChI is InChI=1S/C20H11BrF3N3O/c21-15-8-6-13(7-9-15)12-26-27-18(14-4-2-1-3-5-14)10-17(20(22,23)24)16(11-25)19(27)28/h1-10,12H. The first kappa shape index (κ1) is 19.6. The molecule has 2 aromatic carbocycles. The molecule has 3 rings (SSSR count). The summed E-state index contributed by atoms with van der Waals surface area (Å²) >= 11 is 3.30. The minimum absolute atomic E-state index is 0.0645. The number of rotatable bonds is 3. The van der Waals surface area contributed by atoms with Crippen molar-refractivity contribution in [3.63, 3.8) is 0 Å². The zero-order chi connectivity index (χ0) is 20.3. The minimum atomic E-state index is -4.84. The maximum atomic E-state index is 13.4. The summed E-state index contributed by atoms with van der Waals surface area (Å²) in [5.74, 6) is 0. The molecule has 0 saturated heterocycles. The highest BCUT2D eigenvalue weighted by atomic mass is 79.9. The zero-order valence-electron chi connectivity index (χ0n) is 14.1. The number of nitrogens with zero attached hydrogens (tertiary/aromatic N) is 3. The Morgan fingerprint density at radius 2 is 1.71 bits per heavy atom. The fourth-order valence-corrected chi connectivity index (χ4v) is 2.80. The molecule has 0 amide bonds. The molecular formula is C20H11BrF3N3O. The van der Waals surface area contributed by atoms with Gasteiger partial charge in [-0.2, -0.15) is 28.2 Å². The molecule has 0 atom stereocenters. The van der Waals surface area contributed by atoms with Crippen molar-refractivity contribution < 1.29 is 13.2 Å². The Kier molecular flexibility index (Phi) is 5.47. The topological polar surface area (TPSA) is 58.1 Å². The van der Waals surface area contributed by atoms with Gasteiger partial charge in [0.05, 0.1) is 17.5 Å². The third kappa shape index (κ3) is 4.05. The number of nitriles is 1. The first-order valence-electron chi connectivity index (χ1n) is 7.94. The molecule has 0 bridgehead atoms. The SMILES string of the molecule is N#Cc1c(C(F)(F)F)cc(-c2ccccc2)n(N=Cc2ccc(Br)cc2)c1=O. The predicted octanol–water partition coefficient (Wildman–Crippen LogP) is 5.05. The zero-order valence-corrected chi connectivity index (χ0v) is 15.7. The lowest BCUT2D eigenvalue weighted by atomic mass is 10.0. The molecule has 8 heteroatoms. The summed E-state index contributed by atoms with van der Waals surface area (Å²) in [6, 6.07) is 17.2. The normalized spacial score (nSPS) is 11.5. The van der Waals surface area contributed by atoms with Gasteiger partial charge in [-0.05, 0) is 23.8 Å². The fourth-order valence-electron chi connectivity index (χ4n) is 2.53. The lowest BCUT2D eigenvalue weighted by molar-refractivity contribution is -0.137. The Morgan fingerprint density at radius 3 is 2.29 bits per heavy atom. The highest BCUT2D eigenvalue weighted by Crippen LogP contribution is 2.33. The van der Waals surface area contributed by atoms with Gasteiger partial charge in [-0.1, -0.05) is 58.4 Å². The predicted molar refractivity (Wildman–Crippen MR) is 103 cm³/mol. The van der Waals surface area contributed by atoms with Crippen LogP contribution in [0.4, 0.5) is 13.2 Å². The Balaban J connectivity index is 2.26. The van der Waals surface area contributed by atoms with Crippen molar-refractivity contribution in [2.45, 2.75) is 6.18 Å². The van der Waals surface area contributed by atoms with E-state index in [2.05, 4.69) is 21.0 Å². The van der Waals surface area contributed by atoms with E-state index < -0.39 is 22.9 Å². The van der Waals surface area contributed by atoms with E-state index >= 15 is 0 Å². The number of pyridine rings is 1. The molecule has 0 aliphatic rings. The van der Waals surface area contributed by atoms with Gasteiger partial charge in [-0.25, -0.2) is 0 Å². The number of aromatic nitrogens is 1. The van der Waals surface area contributed by atoms with Crippen LogP contribution < -0.4 is 5.56 Å². The maximum absolute atomic E-state index is 13.4. The van der Waals surface area contributed by atoms with Crippen molar-refractivity contribution >= 4 is 22.1 Å². The van der Waals surface area contributed by atoms with Crippen molar-refractivity contribution in [3.05, 3.63) is 92.2 Å². The quantitative estimate of drug-likeness (QED) is 0.529. The van der Waals surface area contributed by atoms with Gasteiger partial charge in [0.1, 0.15) is 11.6 Å². The summed E-state index contributed by atoms with van der Waals surface area (Å²) in [5, 5.41) is 13.2. The molecule has 28 heavy (non-hydrogen) atoms. The van der Waals surface area contributed by atoms with Crippen molar-refractivity contribution in [1.29, 1.82) is 5.26 Å². The van der Waals surface area contributed by atoms with Crippen LogP contribution in [0.25, 0.3) is 11.3 Å². The van der Waals surface area contributed by atoms with Crippen molar-refractivity contribution in [2.24, 2.45) is 5.10 Å². The van der Waals surface area contributed by atoms with Crippen molar-refractivity contribution in [2.75, 3.05) is 0 Å². The second kappa shape index (κ2) is 7.82.